The van der Waals surface area contributed by atoms with Crippen molar-refractivity contribution in [2.75, 3.05) is 17.6 Å². The third-order valence-electron chi connectivity index (χ3n) is 4.32. The summed E-state index contributed by atoms with van der Waals surface area (Å²) in [6, 6.07) is 13.1. The number of anilines is 1. The van der Waals surface area contributed by atoms with Crippen molar-refractivity contribution >= 4 is 45.2 Å². The molecule has 0 spiro atoms. The van der Waals surface area contributed by atoms with Gasteiger partial charge in [0.25, 0.3) is 5.91 Å². The lowest BCUT2D eigenvalue weighted by Crippen LogP contribution is -2.27. The zero-order chi connectivity index (χ0) is 22.9. The number of hydrogen-bond acceptors (Lipinski definition) is 5. The summed E-state index contributed by atoms with van der Waals surface area (Å²) < 4.78 is 16.5. The lowest BCUT2D eigenvalue weighted by atomic mass is 10.2. The highest BCUT2D eigenvalue weighted by molar-refractivity contribution is 9.10. The van der Waals surface area contributed by atoms with Gasteiger partial charge in [-0.2, -0.15) is 0 Å². The summed E-state index contributed by atoms with van der Waals surface area (Å²) in [5, 5.41) is 14.4. The Morgan fingerprint density at radius 2 is 1.91 bits per heavy atom. The van der Waals surface area contributed by atoms with Crippen molar-refractivity contribution in [3.8, 4) is 0 Å². The summed E-state index contributed by atoms with van der Waals surface area (Å²) in [4.78, 5) is 24.4. The number of benzene rings is 2. The summed E-state index contributed by atoms with van der Waals surface area (Å²) in [6.07, 6.45) is 2.10. The van der Waals surface area contributed by atoms with E-state index in [1.165, 1.54) is 30.0 Å². The highest BCUT2D eigenvalue weighted by atomic mass is 79.9. The van der Waals surface area contributed by atoms with Crippen LogP contribution in [0.3, 0.4) is 0 Å². The SMILES string of the molecule is C=CCn1c(CCNC(=O)c2ccccc2F)nnc1SCC(=O)Nc1ccc(Br)cc1. The number of nitrogens with one attached hydrogen (secondary N) is 2. The van der Waals surface area contributed by atoms with E-state index < -0.39 is 11.7 Å². The van der Waals surface area contributed by atoms with E-state index in [0.717, 1.165) is 4.47 Å². The number of hydrogen-bond donors (Lipinski definition) is 2. The third kappa shape index (κ3) is 6.51. The van der Waals surface area contributed by atoms with Crippen LogP contribution in [0.15, 0.2) is 70.8 Å². The molecule has 166 valence electrons. The fraction of sp³-hybridized carbons (Fsp3) is 0.182. The van der Waals surface area contributed by atoms with Crippen LogP contribution in [0.2, 0.25) is 0 Å². The highest BCUT2D eigenvalue weighted by Gasteiger charge is 2.15. The maximum Gasteiger partial charge on any atom is 0.254 e. The van der Waals surface area contributed by atoms with Gasteiger partial charge < -0.3 is 15.2 Å². The van der Waals surface area contributed by atoms with Crippen molar-refractivity contribution < 1.29 is 14.0 Å². The number of allylic oxidation sites excluding steroid dienone is 1. The molecule has 7 nitrogen and oxygen atoms in total. The first kappa shape index (κ1) is 23.7. The van der Waals surface area contributed by atoms with Gasteiger partial charge in [-0.25, -0.2) is 4.39 Å². The standard InChI is InChI=1S/C22H21BrFN5O2S/c1-2-13-29-19(11-12-25-21(31)17-5-3-4-6-18(17)24)27-28-22(29)32-14-20(30)26-16-9-7-15(23)8-10-16/h2-10H,1,11-14H2,(H,25,31)(H,26,30). The van der Waals surface area contributed by atoms with E-state index in [4.69, 9.17) is 0 Å². The lowest BCUT2D eigenvalue weighted by molar-refractivity contribution is -0.113. The molecule has 0 radical (unpaired) electrons. The summed E-state index contributed by atoms with van der Waals surface area (Å²) in [6.45, 7) is 4.47. The highest BCUT2D eigenvalue weighted by Crippen LogP contribution is 2.19. The number of halogens is 2. The van der Waals surface area contributed by atoms with E-state index >= 15 is 0 Å². The Bertz CT molecular complexity index is 1100. The van der Waals surface area contributed by atoms with E-state index in [0.29, 0.717) is 29.6 Å². The third-order valence-corrected chi connectivity index (χ3v) is 5.81. The minimum atomic E-state index is -0.570. The molecule has 32 heavy (non-hydrogen) atoms. The lowest BCUT2D eigenvalue weighted by Gasteiger charge is -2.09. The molecule has 0 aliphatic heterocycles. The topological polar surface area (TPSA) is 88.9 Å². The van der Waals surface area contributed by atoms with Crippen LogP contribution in [0.5, 0.6) is 0 Å². The fourth-order valence-corrected chi connectivity index (χ4v) is 3.84. The van der Waals surface area contributed by atoms with Gasteiger partial charge in [0.05, 0.1) is 11.3 Å². The van der Waals surface area contributed by atoms with Gasteiger partial charge in [-0.1, -0.05) is 45.9 Å². The Hall–Kier alpha value is -2.98. The first-order valence-electron chi connectivity index (χ1n) is 9.72. The molecule has 0 aliphatic carbocycles. The van der Waals surface area contributed by atoms with Crippen LogP contribution in [-0.2, 0) is 17.8 Å². The summed E-state index contributed by atoms with van der Waals surface area (Å²) >= 11 is 4.62. The van der Waals surface area contributed by atoms with E-state index in [9.17, 15) is 14.0 Å². The first-order chi connectivity index (χ1) is 15.5. The van der Waals surface area contributed by atoms with Crippen molar-refractivity contribution in [1.82, 2.24) is 20.1 Å². The molecule has 0 unspecified atom stereocenters. The van der Waals surface area contributed by atoms with Crippen LogP contribution in [0.4, 0.5) is 10.1 Å². The molecule has 2 N–H and O–H groups in total. The van der Waals surface area contributed by atoms with Crippen LogP contribution in [0.1, 0.15) is 16.2 Å². The minimum Gasteiger partial charge on any atom is -0.351 e. The summed E-state index contributed by atoms with van der Waals surface area (Å²) in [7, 11) is 0. The number of aromatic nitrogens is 3. The molecule has 2 aromatic carbocycles. The zero-order valence-electron chi connectivity index (χ0n) is 17.1. The summed E-state index contributed by atoms with van der Waals surface area (Å²) in [5.41, 5.74) is 0.700. The smallest absolute Gasteiger partial charge is 0.254 e. The zero-order valence-corrected chi connectivity index (χ0v) is 19.5. The van der Waals surface area contributed by atoms with Crippen molar-refractivity contribution in [1.29, 1.82) is 0 Å². The van der Waals surface area contributed by atoms with Crippen LogP contribution >= 0.6 is 27.7 Å². The molecule has 0 saturated carbocycles. The molecule has 10 heteroatoms. The molecule has 3 rings (SSSR count). The molecule has 1 heterocycles. The largest absolute Gasteiger partial charge is 0.351 e. The van der Waals surface area contributed by atoms with Crippen LogP contribution in [0.25, 0.3) is 0 Å². The predicted octanol–water partition coefficient (Wildman–Crippen LogP) is 4.07. The number of amides is 2. The van der Waals surface area contributed by atoms with Crippen molar-refractivity contribution in [3.05, 3.63) is 82.9 Å². The van der Waals surface area contributed by atoms with Gasteiger partial charge in [-0.15, -0.1) is 16.8 Å². The van der Waals surface area contributed by atoms with E-state index in [1.807, 2.05) is 16.7 Å². The van der Waals surface area contributed by atoms with Crippen molar-refractivity contribution in [2.45, 2.75) is 18.1 Å². The van der Waals surface area contributed by atoms with Gasteiger partial charge in [0.15, 0.2) is 5.16 Å². The van der Waals surface area contributed by atoms with Crippen LogP contribution < -0.4 is 10.6 Å². The molecular formula is C22H21BrFN5O2S. The molecule has 0 bridgehead atoms. The maximum atomic E-state index is 13.7. The Labute approximate surface area is 197 Å². The Morgan fingerprint density at radius 3 is 2.62 bits per heavy atom. The fourth-order valence-electron chi connectivity index (χ4n) is 2.81. The number of thioether (sulfide) groups is 1. The summed E-state index contributed by atoms with van der Waals surface area (Å²) in [5.74, 6) is -0.425. The monoisotopic (exact) mass is 517 g/mol. The number of carbonyl (C=O) groups excluding carboxylic acids is 2. The van der Waals surface area contributed by atoms with Gasteiger partial charge in [-0.05, 0) is 36.4 Å². The van der Waals surface area contributed by atoms with E-state index in [-0.39, 0.29) is 23.8 Å². The van der Waals surface area contributed by atoms with Crippen LogP contribution in [-0.4, -0.2) is 38.9 Å². The van der Waals surface area contributed by atoms with Crippen molar-refractivity contribution in [3.63, 3.8) is 0 Å². The Kier molecular flexibility index (Phi) is 8.57. The second-order valence-electron chi connectivity index (χ2n) is 6.63. The van der Waals surface area contributed by atoms with Gasteiger partial charge in [-0.3, -0.25) is 9.59 Å². The molecule has 0 aliphatic rings. The number of nitrogens with zero attached hydrogens (tertiary/aromatic N) is 3. The minimum absolute atomic E-state index is 0.00640. The number of rotatable bonds is 10. The molecule has 2 amide bonds. The first-order valence-corrected chi connectivity index (χ1v) is 11.5. The van der Waals surface area contributed by atoms with Gasteiger partial charge in [0.1, 0.15) is 11.6 Å². The quantitative estimate of drug-likeness (QED) is 0.312. The molecule has 1 aromatic heterocycles. The normalized spacial score (nSPS) is 10.6. The maximum absolute atomic E-state index is 13.7. The second kappa shape index (κ2) is 11.6. The van der Waals surface area contributed by atoms with Crippen molar-refractivity contribution in [2.24, 2.45) is 0 Å². The van der Waals surface area contributed by atoms with E-state index in [2.05, 4.69) is 43.3 Å². The average Bonchev–Trinajstić information content (AvgIpc) is 3.16. The Balaban J connectivity index is 1.55. The number of carbonyl (C=O) groups is 2. The average molecular weight is 518 g/mol. The second-order valence-corrected chi connectivity index (χ2v) is 8.49. The van der Waals surface area contributed by atoms with Gasteiger partial charge in [0, 0.05) is 29.7 Å². The molecule has 0 fully saturated rings. The molecular weight excluding hydrogens is 497 g/mol. The Morgan fingerprint density at radius 1 is 1.16 bits per heavy atom. The van der Waals surface area contributed by atoms with Gasteiger partial charge in [0.2, 0.25) is 5.91 Å². The molecule has 0 saturated heterocycles. The van der Waals surface area contributed by atoms with Crippen LogP contribution in [0, 0.1) is 5.82 Å². The van der Waals surface area contributed by atoms with E-state index in [1.54, 1.807) is 24.3 Å². The van der Waals surface area contributed by atoms with Gasteiger partial charge >= 0.3 is 0 Å². The predicted molar refractivity (Wildman–Crippen MR) is 126 cm³/mol. The molecule has 0 atom stereocenters. The molecule has 3 aromatic rings.